The number of nitrogens with zero attached hydrogens (tertiary/aromatic N) is 1. The fourth-order valence-electron chi connectivity index (χ4n) is 5.82. The molecule has 0 amide bonds. The molecule has 4 nitrogen and oxygen atoms in total. The number of ether oxygens (including phenoxy) is 2. The van der Waals surface area contributed by atoms with Gasteiger partial charge in [-0.2, -0.15) is 0 Å². The lowest BCUT2D eigenvalue weighted by Gasteiger charge is -2.48. The van der Waals surface area contributed by atoms with Crippen LogP contribution in [0.4, 0.5) is 0 Å². The van der Waals surface area contributed by atoms with Crippen molar-refractivity contribution < 1.29 is 9.47 Å². The molecular weight excluding hydrogens is 360 g/mol. The minimum Gasteiger partial charge on any atom is -0.373 e. The van der Waals surface area contributed by atoms with Crippen molar-refractivity contribution >= 4 is 5.57 Å². The summed E-state index contributed by atoms with van der Waals surface area (Å²) in [6.45, 7) is 10.3. The maximum Gasteiger partial charge on any atom is 0.0975 e. The van der Waals surface area contributed by atoms with Gasteiger partial charge in [0.25, 0.3) is 0 Å². The summed E-state index contributed by atoms with van der Waals surface area (Å²) in [6.07, 6.45) is 7.09. The van der Waals surface area contributed by atoms with Gasteiger partial charge in [-0.15, -0.1) is 0 Å². The van der Waals surface area contributed by atoms with Gasteiger partial charge in [-0.1, -0.05) is 44.2 Å². The van der Waals surface area contributed by atoms with Gasteiger partial charge in [-0.05, 0) is 67.3 Å². The topological polar surface area (TPSA) is 33.7 Å². The van der Waals surface area contributed by atoms with E-state index in [9.17, 15) is 0 Å². The van der Waals surface area contributed by atoms with E-state index in [0.717, 1.165) is 32.8 Å². The van der Waals surface area contributed by atoms with Gasteiger partial charge in [0, 0.05) is 18.6 Å². The second-order valence-corrected chi connectivity index (χ2v) is 9.72. The molecule has 1 aromatic rings. The number of likely N-dealkylation sites (tertiary alicyclic amines) is 1. The van der Waals surface area contributed by atoms with Crippen LogP contribution >= 0.6 is 0 Å². The maximum atomic E-state index is 6.42. The molecule has 0 bridgehead atoms. The molecular formula is C25H35N2O2. The highest BCUT2D eigenvalue weighted by molar-refractivity contribution is 5.70. The molecule has 1 spiro atoms. The molecule has 4 heterocycles. The molecule has 157 valence electrons. The third-order valence-electron chi connectivity index (χ3n) is 7.54. The van der Waals surface area contributed by atoms with Crippen LogP contribution in [0.2, 0.25) is 0 Å². The standard InChI is InChI=1S/C25H35N2O2/c1-18(2)13-24-25(17-26-24)14-21(16-29-25)27-10-7-19(8-11-27)22-5-3-4-6-23(22)20-9-12-28-15-20/h3-6,9,19,21,24,26H,7-8,10-17H2,1-2H3/t21-,24?,25?/m0/s1. The van der Waals surface area contributed by atoms with Crippen LogP contribution in [0.5, 0.6) is 0 Å². The normalized spacial score (nSPS) is 33.4. The van der Waals surface area contributed by atoms with Crippen molar-refractivity contribution in [2.24, 2.45) is 0 Å². The quantitative estimate of drug-likeness (QED) is 0.823. The summed E-state index contributed by atoms with van der Waals surface area (Å²) < 4.78 is 12.0. The number of nitrogens with one attached hydrogen (secondary N) is 1. The van der Waals surface area contributed by atoms with Crippen molar-refractivity contribution in [3.63, 3.8) is 0 Å². The number of piperidine rings is 1. The van der Waals surface area contributed by atoms with E-state index in [4.69, 9.17) is 9.47 Å². The Balaban J connectivity index is 1.20. The van der Waals surface area contributed by atoms with E-state index in [-0.39, 0.29) is 5.60 Å². The fraction of sp³-hybridized carbons (Fsp3) is 0.640. The van der Waals surface area contributed by atoms with E-state index in [1.165, 1.54) is 55.0 Å². The van der Waals surface area contributed by atoms with Crippen LogP contribution in [-0.4, -0.2) is 62.0 Å². The van der Waals surface area contributed by atoms with Gasteiger partial charge < -0.3 is 14.8 Å². The lowest BCUT2D eigenvalue weighted by Crippen LogP contribution is -2.68. The highest BCUT2D eigenvalue weighted by Gasteiger charge is 2.53. The first kappa shape index (κ1) is 19.7. The Kier molecular flexibility index (Phi) is 5.55. The molecule has 1 aromatic carbocycles. The van der Waals surface area contributed by atoms with Crippen LogP contribution in [0, 0.1) is 5.92 Å². The molecule has 3 fully saturated rings. The molecule has 2 unspecified atom stereocenters. The molecule has 1 N–H and O–H groups in total. The predicted octanol–water partition coefficient (Wildman–Crippen LogP) is 3.78. The number of rotatable bonds is 5. The molecule has 5 rings (SSSR count). The smallest absolute Gasteiger partial charge is 0.0975 e. The molecule has 4 aliphatic heterocycles. The van der Waals surface area contributed by atoms with Crippen molar-refractivity contribution in [1.82, 2.24) is 10.2 Å². The molecule has 4 aliphatic rings. The lowest BCUT2D eigenvalue weighted by atomic mass is 9.78. The summed E-state index contributed by atoms with van der Waals surface area (Å²) in [5.74, 6) is 2.16. The Hall–Kier alpha value is -1.20. The first-order valence-electron chi connectivity index (χ1n) is 11.4. The van der Waals surface area contributed by atoms with Gasteiger partial charge in [0.15, 0.2) is 0 Å². The van der Waals surface area contributed by atoms with E-state index in [1.807, 2.05) is 0 Å². The highest BCUT2D eigenvalue weighted by atomic mass is 16.5. The fourth-order valence-corrected chi connectivity index (χ4v) is 5.82. The van der Waals surface area contributed by atoms with Gasteiger partial charge in [-0.3, -0.25) is 4.90 Å². The maximum absolute atomic E-state index is 6.42. The Bertz CT molecular complexity index is 753. The SMILES string of the molecule is C[C](C)CC1NCC12C[C@H](N1CCC(c3ccccc3C3=CCOC3)CC1)CO2. The number of hydrogen-bond acceptors (Lipinski definition) is 4. The highest BCUT2D eigenvalue weighted by Crippen LogP contribution is 2.41. The Labute approximate surface area is 175 Å². The minimum absolute atomic E-state index is 0.0976. The van der Waals surface area contributed by atoms with Crippen LogP contribution in [0.25, 0.3) is 5.57 Å². The summed E-state index contributed by atoms with van der Waals surface area (Å²) >= 11 is 0. The van der Waals surface area contributed by atoms with E-state index in [1.54, 1.807) is 0 Å². The molecule has 0 aliphatic carbocycles. The minimum atomic E-state index is 0.0976. The van der Waals surface area contributed by atoms with Crippen LogP contribution < -0.4 is 5.32 Å². The summed E-state index contributed by atoms with van der Waals surface area (Å²) in [5.41, 5.74) is 4.42. The third-order valence-corrected chi connectivity index (χ3v) is 7.54. The second kappa shape index (κ2) is 8.14. The van der Waals surface area contributed by atoms with E-state index in [0.29, 0.717) is 18.0 Å². The number of hydrogen-bond donors (Lipinski definition) is 1. The van der Waals surface area contributed by atoms with Gasteiger partial charge in [0.05, 0.1) is 25.4 Å². The molecule has 0 saturated carbocycles. The van der Waals surface area contributed by atoms with Gasteiger partial charge in [0.1, 0.15) is 0 Å². The summed E-state index contributed by atoms with van der Waals surface area (Å²) in [4.78, 5) is 2.71. The number of benzene rings is 1. The Morgan fingerprint density at radius 3 is 2.72 bits per heavy atom. The van der Waals surface area contributed by atoms with Crippen LogP contribution in [0.3, 0.4) is 0 Å². The van der Waals surface area contributed by atoms with Crippen molar-refractivity contribution in [2.75, 3.05) is 39.5 Å². The average Bonchev–Trinajstić information content (AvgIpc) is 3.43. The van der Waals surface area contributed by atoms with Crippen LogP contribution in [0.1, 0.15) is 56.6 Å². The largest absolute Gasteiger partial charge is 0.373 e. The van der Waals surface area contributed by atoms with E-state index in [2.05, 4.69) is 54.4 Å². The molecule has 4 heteroatoms. The molecule has 3 saturated heterocycles. The summed E-state index contributed by atoms with van der Waals surface area (Å²) in [7, 11) is 0. The van der Waals surface area contributed by atoms with Gasteiger partial charge in [0.2, 0.25) is 0 Å². The zero-order chi connectivity index (χ0) is 19.8. The van der Waals surface area contributed by atoms with E-state index >= 15 is 0 Å². The molecule has 1 radical (unpaired) electrons. The van der Waals surface area contributed by atoms with Gasteiger partial charge >= 0.3 is 0 Å². The van der Waals surface area contributed by atoms with Crippen molar-refractivity contribution in [3.8, 4) is 0 Å². The van der Waals surface area contributed by atoms with Gasteiger partial charge in [-0.25, -0.2) is 0 Å². The molecule has 3 atom stereocenters. The third kappa shape index (κ3) is 3.81. The second-order valence-electron chi connectivity index (χ2n) is 9.72. The predicted molar refractivity (Wildman–Crippen MR) is 117 cm³/mol. The lowest BCUT2D eigenvalue weighted by molar-refractivity contribution is -0.0782. The van der Waals surface area contributed by atoms with Crippen molar-refractivity contribution in [1.29, 1.82) is 0 Å². The molecule has 29 heavy (non-hydrogen) atoms. The first-order chi connectivity index (χ1) is 14.1. The van der Waals surface area contributed by atoms with Crippen molar-refractivity contribution in [2.45, 2.75) is 63.1 Å². The van der Waals surface area contributed by atoms with Crippen molar-refractivity contribution in [3.05, 3.63) is 47.4 Å². The zero-order valence-electron chi connectivity index (χ0n) is 18.0. The van der Waals surface area contributed by atoms with E-state index < -0.39 is 0 Å². The average molecular weight is 396 g/mol. The summed E-state index contributed by atoms with van der Waals surface area (Å²) in [5, 5.41) is 3.61. The Morgan fingerprint density at radius 1 is 1.21 bits per heavy atom. The monoisotopic (exact) mass is 395 g/mol. The first-order valence-corrected chi connectivity index (χ1v) is 11.4. The summed E-state index contributed by atoms with van der Waals surface area (Å²) in [6, 6.07) is 10.1. The zero-order valence-corrected chi connectivity index (χ0v) is 18.0. The van der Waals surface area contributed by atoms with Crippen LogP contribution in [-0.2, 0) is 9.47 Å². The Morgan fingerprint density at radius 2 is 2.03 bits per heavy atom. The molecule has 0 aromatic heterocycles. The van der Waals surface area contributed by atoms with Crippen LogP contribution in [0.15, 0.2) is 30.3 Å².